The predicted octanol–water partition coefficient (Wildman–Crippen LogP) is 5.80. The van der Waals surface area contributed by atoms with Gasteiger partial charge in [0.1, 0.15) is 12.6 Å². The molecule has 4 aromatic rings. The topological polar surface area (TPSA) is 130 Å². The zero-order valence-corrected chi connectivity index (χ0v) is 27.0. The summed E-state index contributed by atoms with van der Waals surface area (Å²) in [5.74, 6) is -0.888. The number of carbonyl (C=O) groups excluding carboxylic acids is 2. The Morgan fingerprint density at radius 2 is 1.49 bits per heavy atom. The van der Waals surface area contributed by atoms with Gasteiger partial charge in [-0.3, -0.25) is 24.0 Å². The number of carbonyl (C=O) groups is 2. The molecule has 1 saturated carbocycles. The average molecular weight is 655 g/mol. The highest BCUT2D eigenvalue weighted by molar-refractivity contribution is 7.92. The summed E-state index contributed by atoms with van der Waals surface area (Å²) in [6, 6.07) is 28.8. The van der Waals surface area contributed by atoms with E-state index >= 15 is 0 Å². The molecule has 0 spiro atoms. The number of sulfonamides is 1. The maximum atomic E-state index is 14.6. The Kier molecular flexibility index (Phi) is 10.7. The summed E-state index contributed by atoms with van der Waals surface area (Å²) in [5, 5.41) is 14.5. The first-order chi connectivity index (χ1) is 22.6. The van der Waals surface area contributed by atoms with E-state index in [1.165, 1.54) is 41.3 Å². The molecule has 244 valence electrons. The van der Waals surface area contributed by atoms with Crippen molar-refractivity contribution in [3.8, 4) is 0 Å². The number of nitrogens with zero attached hydrogens (tertiary/aromatic N) is 3. The van der Waals surface area contributed by atoms with Crippen molar-refractivity contribution in [2.24, 2.45) is 0 Å². The molecule has 0 aromatic heterocycles. The van der Waals surface area contributed by atoms with Crippen LogP contribution in [0.5, 0.6) is 0 Å². The fourth-order valence-electron chi connectivity index (χ4n) is 5.92. The monoisotopic (exact) mass is 654 g/mol. The third kappa shape index (κ3) is 8.42. The Hall–Kier alpha value is -5.03. The van der Waals surface area contributed by atoms with Crippen LogP contribution in [0.3, 0.4) is 0 Å². The lowest BCUT2D eigenvalue weighted by molar-refractivity contribution is -0.384. The molecule has 0 aliphatic heterocycles. The first-order valence-corrected chi connectivity index (χ1v) is 17.1. The van der Waals surface area contributed by atoms with Gasteiger partial charge in [-0.2, -0.15) is 0 Å². The van der Waals surface area contributed by atoms with Crippen molar-refractivity contribution in [2.45, 2.75) is 62.6 Å². The van der Waals surface area contributed by atoms with Crippen molar-refractivity contribution in [3.05, 3.63) is 136 Å². The first-order valence-electron chi connectivity index (χ1n) is 15.6. The normalized spacial score (nSPS) is 13.9. The summed E-state index contributed by atoms with van der Waals surface area (Å²) in [5.41, 5.74) is 2.48. The fraction of sp³-hybridized carbons (Fsp3) is 0.278. The standard InChI is InChI=1S/C36H38N4O6S/c1-27-11-10-14-29(23-27)25-38(34(24-28-12-4-2-5-13-28)36(42)37-30-15-8-9-16-30)35(41)26-39(31-19-21-32(22-20-31)40(43)44)47(45,46)33-17-6-3-7-18-33/h2-7,10-14,17-23,30,34H,8-9,15-16,24-26H2,1H3,(H,37,42)/t34-/m1/s1. The number of non-ortho nitro benzene ring substituents is 1. The summed E-state index contributed by atoms with van der Waals surface area (Å²) in [4.78, 5) is 40.8. The van der Waals surface area contributed by atoms with E-state index in [0.717, 1.165) is 46.7 Å². The van der Waals surface area contributed by atoms with Crippen molar-refractivity contribution in [1.82, 2.24) is 10.2 Å². The van der Waals surface area contributed by atoms with Gasteiger partial charge < -0.3 is 10.2 Å². The summed E-state index contributed by atoms with van der Waals surface area (Å²) in [6.07, 6.45) is 3.97. The molecular weight excluding hydrogens is 616 g/mol. The SMILES string of the molecule is Cc1cccc(CN(C(=O)CN(c2ccc([N+](=O)[O-])cc2)S(=O)(=O)c2ccccc2)[C@H](Cc2ccccc2)C(=O)NC2CCCC2)c1. The van der Waals surface area contributed by atoms with E-state index in [-0.39, 0.29) is 41.2 Å². The zero-order valence-electron chi connectivity index (χ0n) is 26.2. The number of nitro groups is 1. The fourth-order valence-corrected chi connectivity index (χ4v) is 7.35. The molecule has 47 heavy (non-hydrogen) atoms. The number of hydrogen-bond acceptors (Lipinski definition) is 6. The van der Waals surface area contributed by atoms with Gasteiger partial charge >= 0.3 is 0 Å². The molecule has 0 saturated heterocycles. The maximum Gasteiger partial charge on any atom is 0.269 e. The van der Waals surface area contributed by atoms with Gasteiger partial charge in [0.25, 0.3) is 15.7 Å². The molecule has 5 rings (SSSR count). The molecule has 1 aliphatic carbocycles. The van der Waals surface area contributed by atoms with Gasteiger partial charge in [-0.1, -0.05) is 91.2 Å². The van der Waals surface area contributed by atoms with Gasteiger partial charge in [-0.05, 0) is 55.2 Å². The maximum absolute atomic E-state index is 14.6. The van der Waals surface area contributed by atoms with Crippen LogP contribution in [0.25, 0.3) is 0 Å². The zero-order chi connectivity index (χ0) is 33.4. The Balaban J connectivity index is 1.57. The minimum Gasteiger partial charge on any atom is -0.352 e. The van der Waals surface area contributed by atoms with Crippen LogP contribution in [0, 0.1) is 17.0 Å². The highest BCUT2D eigenvalue weighted by Crippen LogP contribution is 2.27. The second kappa shape index (κ2) is 15.0. The van der Waals surface area contributed by atoms with Crippen LogP contribution >= 0.6 is 0 Å². The molecule has 10 nitrogen and oxygen atoms in total. The number of hydrogen-bond donors (Lipinski definition) is 1. The minimum atomic E-state index is -4.30. The van der Waals surface area contributed by atoms with Crippen LogP contribution in [-0.4, -0.2) is 48.7 Å². The predicted molar refractivity (Wildman–Crippen MR) is 180 cm³/mol. The molecule has 2 amide bonds. The summed E-state index contributed by atoms with van der Waals surface area (Å²) < 4.78 is 29.1. The van der Waals surface area contributed by atoms with Crippen molar-refractivity contribution < 1.29 is 22.9 Å². The number of nitrogens with one attached hydrogen (secondary N) is 1. The molecule has 1 atom stereocenters. The Morgan fingerprint density at radius 3 is 2.11 bits per heavy atom. The van der Waals surface area contributed by atoms with Crippen molar-refractivity contribution in [3.63, 3.8) is 0 Å². The van der Waals surface area contributed by atoms with Gasteiger partial charge in [0, 0.05) is 31.1 Å². The van der Waals surface area contributed by atoms with E-state index < -0.39 is 33.4 Å². The average Bonchev–Trinajstić information content (AvgIpc) is 3.59. The summed E-state index contributed by atoms with van der Waals surface area (Å²) >= 11 is 0. The van der Waals surface area contributed by atoms with E-state index in [0.29, 0.717) is 0 Å². The lowest BCUT2D eigenvalue weighted by Crippen LogP contribution is -2.54. The lowest BCUT2D eigenvalue weighted by atomic mass is 10.0. The largest absolute Gasteiger partial charge is 0.352 e. The van der Waals surface area contributed by atoms with Gasteiger partial charge in [-0.15, -0.1) is 0 Å². The molecule has 0 radical (unpaired) electrons. The highest BCUT2D eigenvalue weighted by Gasteiger charge is 2.35. The van der Waals surface area contributed by atoms with E-state index in [1.54, 1.807) is 18.2 Å². The van der Waals surface area contributed by atoms with Crippen molar-refractivity contribution >= 4 is 33.2 Å². The number of rotatable bonds is 13. The molecule has 0 bridgehead atoms. The number of anilines is 1. The van der Waals surface area contributed by atoms with Crippen LogP contribution in [0.2, 0.25) is 0 Å². The molecule has 0 unspecified atom stereocenters. The number of aryl methyl sites for hydroxylation is 1. The molecule has 1 aliphatic rings. The van der Waals surface area contributed by atoms with Crippen molar-refractivity contribution in [2.75, 3.05) is 10.8 Å². The van der Waals surface area contributed by atoms with Gasteiger partial charge in [-0.25, -0.2) is 8.42 Å². The quantitative estimate of drug-likeness (QED) is 0.143. The number of amides is 2. The van der Waals surface area contributed by atoms with E-state index in [2.05, 4.69) is 5.32 Å². The van der Waals surface area contributed by atoms with Crippen LogP contribution in [0.15, 0.2) is 114 Å². The van der Waals surface area contributed by atoms with Gasteiger partial charge in [0.15, 0.2) is 0 Å². The summed E-state index contributed by atoms with van der Waals surface area (Å²) in [6.45, 7) is 1.37. The third-order valence-electron chi connectivity index (χ3n) is 8.37. The second-order valence-electron chi connectivity index (χ2n) is 11.8. The van der Waals surface area contributed by atoms with Crippen molar-refractivity contribution in [1.29, 1.82) is 0 Å². The molecule has 1 N–H and O–H groups in total. The van der Waals surface area contributed by atoms with Gasteiger partial charge in [0.05, 0.1) is 15.5 Å². The number of benzene rings is 4. The van der Waals surface area contributed by atoms with Gasteiger partial charge in [0.2, 0.25) is 11.8 Å². The Bertz CT molecular complexity index is 1790. The lowest BCUT2D eigenvalue weighted by Gasteiger charge is -2.34. The molecule has 11 heteroatoms. The van der Waals surface area contributed by atoms with Crippen LogP contribution in [-0.2, 0) is 32.6 Å². The molecule has 4 aromatic carbocycles. The summed E-state index contributed by atoms with van der Waals surface area (Å²) in [7, 11) is -4.30. The Labute approximate surface area is 275 Å². The van der Waals surface area contributed by atoms with Crippen LogP contribution in [0.4, 0.5) is 11.4 Å². The Morgan fingerprint density at radius 1 is 0.872 bits per heavy atom. The number of nitro benzene ring substituents is 1. The first kappa shape index (κ1) is 33.3. The molecule has 1 fully saturated rings. The van der Waals surface area contributed by atoms with Crippen LogP contribution in [0.1, 0.15) is 42.4 Å². The van der Waals surface area contributed by atoms with E-state index in [4.69, 9.17) is 0 Å². The van der Waals surface area contributed by atoms with E-state index in [1.807, 2.05) is 61.5 Å². The molecule has 0 heterocycles. The van der Waals surface area contributed by atoms with Crippen LogP contribution < -0.4 is 9.62 Å². The van der Waals surface area contributed by atoms with E-state index in [9.17, 15) is 28.1 Å². The second-order valence-corrected chi connectivity index (χ2v) is 13.7. The smallest absolute Gasteiger partial charge is 0.269 e. The molecular formula is C36H38N4O6S. The minimum absolute atomic E-state index is 0.00626. The highest BCUT2D eigenvalue weighted by atomic mass is 32.2. The third-order valence-corrected chi connectivity index (χ3v) is 10.2.